The Morgan fingerprint density at radius 2 is 1.85 bits per heavy atom. The van der Waals surface area contributed by atoms with E-state index in [4.69, 9.17) is 13.6 Å². The first-order valence-electron chi connectivity index (χ1n) is 8.66. The zero-order valence-corrected chi connectivity index (χ0v) is 15.5. The van der Waals surface area contributed by atoms with Gasteiger partial charge in [-0.15, -0.1) is 10.2 Å². The normalized spacial score (nSPS) is 15.1. The molecule has 3 aromatic rings. The Bertz CT molecular complexity index is 1030. The number of furan rings is 1. The van der Waals surface area contributed by atoms with Crippen LogP contribution in [0.5, 0.6) is 5.75 Å². The van der Waals surface area contributed by atoms with Crippen molar-refractivity contribution < 1.29 is 22.0 Å². The third-order valence-corrected chi connectivity index (χ3v) is 5.79. The smallest absolute Gasteiger partial charge is 0.295 e. The van der Waals surface area contributed by atoms with E-state index in [1.54, 1.807) is 24.3 Å². The number of benzene rings is 1. The molecule has 0 radical (unpaired) electrons. The fourth-order valence-corrected chi connectivity index (χ4v) is 4.18. The summed E-state index contributed by atoms with van der Waals surface area (Å²) in [6.45, 7) is 0. The molecule has 1 fully saturated rings. The molecule has 27 heavy (non-hydrogen) atoms. The minimum Gasteiger partial charge on any atom is -0.495 e. The fraction of sp³-hybridized carbons (Fsp3) is 0.333. The molecular weight excluding hydrogens is 370 g/mol. The van der Waals surface area contributed by atoms with Crippen LogP contribution in [-0.2, 0) is 10.0 Å². The van der Waals surface area contributed by atoms with Crippen molar-refractivity contribution in [2.45, 2.75) is 36.7 Å². The predicted octanol–water partition coefficient (Wildman–Crippen LogP) is 3.80. The number of sulfonamides is 1. The van der Waals surface area contributed by atoms with Gasteiger partial charge in [-0.3, -0.25) is 4.72 Å². The van der Waals surface area contributed by atoms with Gasteiger partial charge in [0.05, 0.1) is 12.8 Å². The first kappa shape index (κ1) is 17.6. The lowest BCUT2D eigenvalue weighted by atomic mass is 10.1. The van der Waals surface area contributed by atoms with Gasteiger partial charge in [-0.2, -0.15) is 8.42 Å². The number of anilines is 1. The van der Waals surface area contributed by atoms with Crippen LogP contribution in [0.25, 0.3) is 11.7 Å². The van der Waals surface area contributed by atoms with Crippen molar-refractivity contribution in [3.05, 3.63) is 42.3 Å². The number of nitrogens with zero attached hydrogens (tertiary/aromatic N) is 2. The van der Waals surface area contributed by atoms with Gasteiger partial charge in [0.15, 0.2) is 5.76 Å². The summed E-state index contributed by atoms with van der Waals surface area (Å²) in [6.07, 6.45) is 4.37. The van der Waals surface area contributed by atoms with Gasteiger partial charge < -0.3 is 13.6 Å². The second-order valence-electron chi connectivity index (χ2n) is 6.35. The minimum absolute atomic E-state index is 0.177. The predicted molar refractivity (Wildman–Crippen MR) is 97.0 cm³/mol. The van der Waals surface area contributed by atoms with Gasteiger partial charge in [0.1, 0.15) is 5.75 Å². The van der Waals surface area contributed by atoms with E-state index in [1.165, 1.54) is 19.2 Å². The maximum Gasteiger partial charge on any atom is 0.295 e. The van der Waals surface area contributed by atoms with Crippen molar-refractivity contribution in [2.75, 3.05) is 11.8 Å². The molecule has 1 N–H and O–H groups in total. The van der Waals surface area contributed by atoms with Crippen LogP contribution in [-0.4, -0.2) is 25.7 Å². The second kappa shape index (κ2) is 7.07. The molecule has 1 saturated carbocycles. The number of rotatable bonds is 6. The highest BCUT2D eigenvalue weighted by atomic mass is 32.2. The fourth-order valence-electron chi connectivity index (χ4n) is 3.18. The first-order valence-corrected chi connectivity index (χ1v) is 10.1. The summed E-state index contributed by atoms with van der Waals surface area (Å²) < 4.78 is 44.0. The van der Waals surface area contributed by atoms with E-state index in [0.717, 1.165) is 25.7 Å². The van der Waals surface area contributed by atoms with Crippen molar-refractivity contribution in [1.82, 2.24) is 10.2 Å². The van der Waals surface area contributed by atoms with Crippen LogP contribution >= 0.6 is 0 Å². The number of methoxy groups -OCH3 is 1. The summed E-state index contributed by atoms with van der Waals surface area (Å²) in [5, 5.41) is 7.82. The van der Waals surface area contributed by atoms with Crippen LogP contribution in [0.1, 0.15) is 37.5 Å². The molecular formula is C18H19N3O5S. The molecule has 2 heterocycles. The van der Waals surface area contributed by atoms with Gasteiger partial charge in [0.2, 0.25) is 11.0 Å². The summed E-state index contributed by atoms with van der Waals surface area (Å²) in [7, 11) is -2.46. The average Bonchev–Trinajstić information content (AvgIpc) is 3.41. The van der Waals surface area contributed by atoms with Crippen molar-refractivity contribution in [2.24, 2.45) is 0 Å². The maximum absolute atomic E-state index is 12.6. The highest BCUT2D eigenvalue weighted by Crippen LogP contribution is 2.35. The van der Waals surface area contributed by atoms with Gasteiger partial charge in [0.25, 0.3) is 15.9 Å². The van der Waals surface area contributed by atoms with Crippen molar-refractivity contribution in [3.8, 4) is 17.4 Å². The molecule has 4 rings (SSSR count). The highest BCUT2D eigenvalue weighted by Gasteiger charge is 2.26. The topological polar surface area (TPSA) is 107 Å². The van der Waals surface area contributed by atoms with E-state index in [9.17, 15) is 8.42 Å². The zero-order valence-electron chi connectivity index (χ0n) is 14.7. The highest BCUT2D eigenvalue weighted by molar-refractivity contribution is 7.92. The Labute approximate surface area is 156 Å². The SMILES string of the molecule is COc1ccccc1NS(=O)(=O)c1ccc(-c2nnc(C3CCCC3)o2)o1. The van der Waals surface area contributed by atoms with Crippen LogP contribution < -0.4 is 9.46 Å². The molecule has 1 aromatic carbocycles. The minimum atomic E-state index is -3.93. The molecule has 1 aliphatic rings. The van der Waals surface area contributed by atoms with Gasteiger partial charge in [-0.1, -0.05) is 25.0 Å². The largest absolute Gasteiger partial charge is 0.495 e. The Morgan fingerprint density at radius 1 is 1.07 bits per heavy atom. The molecule has 0 aliphatic heterocycles. The Kier molecular flexibility index (Phi) is 4.61. The van der Waals surface area contributed by atoms with Gasteiger partial charge in [-0.05, 0) is 37.1 Å². The van der Waals surface area contributed by atoms with Crippen molar-refractivity contribution in [3.63, 3.8) is 0 Å². The lowest BCUT2D eigenvalue weighted by molar-refractivity contribution is 0.416. The molecule has 2 aromatic heterocycles. The lowest BCUT2D eigenvalue weighted by Crippen LogP contribution is -2.12. The molecule has 9 heteroatoms. The maximum atomic E-state index is 12.6. The molecule has 0 bridgehead atoms. The molecule has 8 nitrogen and oxygen atoms in total. The Morgan fingerprint density at radius 3 is 2.63 bits per heavy atom. The molecule has 0 unspecified atom stereocenters. The monoisotopic (exact) mass is 389 g/mol. The van der Waals surface area contributed by atoms with E-state index in [-0.39, 0.29) is 22.7 Å². The Hall–Kier alpha value is -2.81. The summed E-state index contributed by atoms with van der Waals surface area (Å²) in [5.74, 6) is 1.65. The average molecular weight is 389 g/mol. The summed E-state index contributed by atoms with van der Waals surface area (Å²) >= 11 is 0. The number of para-hydroxylation sites is 2. The molecule has 0 amide bonds. The number of ether oxygens (including phenoxy) is 1. The van der Waals surface area contributed by atoms with Gasteiger partial charge in [0, 0.05) is 5.92 Å². The van der Waals surface area contributed by atoms with Crippen LogP contribution in [0, 0.1) is 0 Å². The third kappa shape index (κ3) is 3.55. The second-order valence-corrected chi connectivity index (χ2v) is 7.96. The van der Waals surface area contributed by atoms with E-state index < -0.39 is 10.0 Å². The van der Waals surface area contributed by atoms with Gasteiger partial charge >= 0.3 is 0 Å². The van der Waals surface area contributed by atoms with Crippen molar-refractivity contribution in [1.29, 1.82) is 0 Å². The van der Waals surface area contributed by atoms with Crippen LogP contribution in [0.3, 0.4) is 0 Å². The molecule has 0 atom stereocenters. The quantitative estimate of drug-likeness (QED) is 0.683. The van der Waals surface area contributed by atoms with E-state index in [0.29, 0.717) is 17.3 Å². The zero-order chi connectivity index (χ0) is 18.9. The van der Waals surface area contributed by atoms with E-state index in [1.807, 2.05) is 0 Å². The summed E-state index contributed by atoms with van der Waals surface area (Å²) in [5.41, 5.74) is 0.319. The standard InChI is InChI=1S/C18H19N3O5S/c1-24-14-9-5-4-8-13(14)21-27(22,23)16-11-10-15(25-16)18-20-19-17(26-18)12-6-2-3-7-12/h4-5,8-12,21H,2-3,6-7H2,1H3. The number of hydrogen-bond acceptors (Lipinski definition) is 7. The lowest BCUT2D eigenvalue weighted by Gasteiger charge is -2.09. The molecule has 0 spiro atoms. The number of nitrogens with one attached hydrogen (secondary N) is 1. The van der Waals surface area contributed by atoms with Crippen LogP contribution in [0.4, 0.5) is 5.69 Å². The summed E-state index contributed by atoms with van der Waals surface area (Å²) in [4.78, 5) is 0. The van der Waals surface area contributed by atoms with Crippen LogP contribution in [0.2, 0.25) is 0 Å². The first-order chi connectivity index (χ1) is 13.1. The Balaban J connectivity index is 1.56. The number of aromatic nitrogens is 2. The van der Waals surface area contributed by atoms with Gasteiger partial charge in [-0.25, -0.2) is 0 Å². The molecule has 1 aliphatic carbocycles. The van der Waals surface area contributed by atoms with Crippen molar-refractivity contribution >= 4 is 15.7 Å². The summed E-state index contributed by atoms with van der Waals surface area (Å²) in [6, 6.07) is 9.58. The number of hydrogen-bond donors (Lipinski definition) is 1. The molecule has 142 valence electrons. The van der Waals surface area contributed by atoms with Crippen LogP contribution in [0.15, 0.2) is 50.3 Å². The van der Waals surface area contributed by atoms with E-state index in [2.05, 4.69) is 14.9 Å². The molecule has 0 saturated heterocycles. The van der Waals surface area contributed by atoms with E-state index >= 15 is 0 Å². The third-order valence-electron chi connectivity index (χ3n) is 4.55.